The summed E-state index contributed by atoms with van der Waals surface area (Å²) in [5.74, 6) is -0.328. The fraction of sp³-hybridized carbons (Fsp3) is 0.250. The van der Waals surface area contributed by atoms with Gasteiger partial charge in [0.15, 0.2) is 0 Å². The monoisotopic (exact) mass is 200 g/mol. The number of hydroxylamine groups is 1. The molecule has 0 aliphatic rings. The molecule has 0 aliphatic heterocycles. The summed E-state index contributed by atoms with van der Waals surface area (Å²) in [6, 6.07) is 3.12. The molecule has 1 heterocycles. The molecule has 0 bridgehead atoms. The highest BCUT2D eigenvalue weighted by Gasteiger charge is 2.04. The van der Waals surface area contributed by atoms with E-state index >= 15 is 0 Å². The first-order chi connectivity index (χ1) is 6.24. The highest BCUT2D eigenvalue weighted by atomic mass is 35.5. The van der Waals surface area contributed by atoms with Crippen LogP contribution in [0.5, 0.6) is 0 Å². The van der Waals surface area contributed by atoms with Crippen molar-refractivity contribution < 1.29 is 9.63 Å². The highest BCUT2D eigenvalue weighted by Crippen LogP contribution is 2.04. The third-order valence-corrected chi connectivity index (χ3v) is 1.52. The smallest absolute Gasteiger partial charge is 0.274 e. The second-order valence-corrected chi connectivity index (χ2v) is 2.62. The molecule has 0 fully saturated rings. The van der Waals surface area contributed by atoms with Crippen LogP contribution >= 0.6 is 11.6 Å². The lowest BCUT2D eigenvalue weighted by atomic mass is 10.3. The molecule has 0 atom stereocenters. The van der Waals surface area contributed by atoms with Crippen LogP contribution in [0.15, 0.2) is 18.3 Å². The Morgan fingerprint density at radius 2 is 2.46 bits per heavy atom. The Kier molecular flexibility index (Phi) is 3.67. The molecule has 1 N–H and O–H groups in total. The van der Waals surface area contributed by atoms with Gasteiger partial charge in [-0.25, -0.2) is 10.5 Å². The number of pyridine rings is 1. The van der Waals surface area contributed by atoms with Crippen LogP contribution in [-0.4, -0.2) is 17.5 Å². The first-order valence-corrected chi connectivity index (χ1v) is 4.15. The fourth-order valence-corrected chi connectivity index (χ4v) is 0.819. The molecule has 0 aromatic carbocycles. The number of aromatic nitrogens is 1. The average Bonchev–Trinajstić information content (AvgIpc) is 2.15. The molecule has 5 heteroatoms. The van der Waals surface area contributed by atoms with Crippen molar-refractivity contribution in [3.63, 3.8) is 0 Å². The predicted octanol–water partition coefficient (Wildman–Crippen LogP) is 1.42. The Labute approximate surface area is 80.8 Å². The van der Waals surface area contributed by atoms with Crippen LogP contribution in [0.3, 0.4) is 0 Å². The summed E-state index contributed by atoms with van der Waals surface area (Å²) in [5, 5.41) is 0.355. The number of hydrogen-bond donors (Lipinski definition) is 1. The van der Waals surface area contributed by atoms with E-state index in [0.29, 0.717) is 17.3 Å². The minimum Gasteiger partial charge on any atom is -0.274 e. The molecule has 1 aromatic rings. The van der Waals surface area contributed by atoms with E-state index in [1.165, 1.54) is 6.20 Å². The van der Waals surface area contributed by atoms with Gasteiger partial charge in [-0.05, 0) is 19.1 Å². The molecule has 70 valence electrons. The van der Waals surface area contributed by atoms with Gasteiger partial charge < -0.3 is 0 Å². The van der Waals surface area contributed by atoms with E-state index in [9.17, 15) is 4.79 Å². The van der Waals surface area contributed by atoms with E-state index < -0.39 is 0 Å². The van der Waals surface area contributed by atoms with Crippen LogP contribution < -0.4 is 5.48 Å². The van der Waals surface area contributed by atoms with Gasteiger partial charge in [-0.15, -0.1) is 0 Å². The van der Waals surface area contributed by atoms with Crippen LogP contribution in [-0.2, 0) is 4.84 Å². The zero-order valence-corrected chi connectivity index (χ0v) is 7.84. The van der Waals surface area contributed by atoms with Gasteiger partial charge >= 0.3 is 0 Å². The zero-order chi connectivity index (χ0) is 9.68. The Hall–Kier alpha value is -1.13. The Morgan fingerprint density at radius 3 is 3.00 bits per heavy atom. The van der Waals surface area contributed by atoms with Crippen LogP contribution in [0.2, 0.25) is 5.15 Å². The predicted molar refractivity (Wildman–Crippen MR) is 48.3 cm³/mol. The maximum Gasteiger partial charge on any atom is 0.276 e. The number of amides is 1. The van der Waals surface area contributed by atoms with Gasteiger partial charge in [0.1, 0.15) is 5.15 Å². The fourth-order valence-electron chi connectivity index (χ4n) is 0.707. The number of nitrogens with one attached hydrogen (secondary N) is 1. The van der Waals surface area contributed by atoms with Gasteiger partial charge in [0.05, 0.1) is 12.2 Å². The lowest BCUT2D eigenvalue weighted by Gasteiger charge is -2.02. The van der Waals surface area contributed by atoms with E-state index in [4.69, 9.17) is 16.4 Å². The third-order valence-electron chi connectivity index (χ3n) is 1.30. The normalized spacial score (nSPS) is 9.69. The first-order valence-electron chi connectivity index (χ1n) is 3.77. The summed E-state index contributed by atoms with van der Waals surface area (Å²) in [6.45, 7) is 2.20. The largest absolute Gasteiger partial charge is 0.276 e. The minimum absolute atomic E-state index is 0.328. The van der Waals surface area contributed by atoms with Gasteiger partial charge in [0.2, 0.25) is 0 Å². The number of rotatable bonds is 3. The molecule has 0 saturated carbocycles. The molecule has 0 unspecified atom stereocenters. The van der Waals surface area contributed by atoms with Crippen molar-refractivity contribution in [3.05, 3.63) is 29.0 Å². The maximum absolute atomic E-state index is 11.2. The Bertz CT molecular complexity index is 287. The van der Waals surface area contributed by atoms with E-state index in [-0.39, 0.29) is 5.91 Å². The van der Waals surface area contributed by atoms with Gasteiger partial charge in [-0.2, -0.15) is 0 Å². The number of halogens is 1. The number of hydrogen-bond acceptors (Lipinski definition) is 3. The molecule has 1 aromatic heterocycles. The van der Waals surface area contributed by atoms with Crippen molar-refractivity contribution in [1.29, 1.82) is 0 Å². The summed E-state index contributed by atoms with van der Waals surface area (Å²) < 4.78 is 0. The molecule has 0 radical (unpaired) electrons. The molecule has 0 saturated heterocycles. The van der Waals surface area contributed by atoms with Gasteiger partial charge in [-0.3, -0.25) is 9.63 Å². The molecule has 1 rings (SSSR count). The first kappa shape index (κ1) is 9.95. The van der Waals surface area contributed by atoms with Crippen molar-refractivity contribution in [2.75, 3.05) is 6.61 Å². The second kappa shape index (κ2) is 4.79. The topological polar surface area (TPSA) is 51.2 Å². The van der Waals surface area contributed by atoms with Crippen molar-refractivity contribution >= 4 is 17.5 Å². The number of nitrogens with zero attached hydrogens (tertiary/aromatic N) is 1. The molecule has 0 aliphatic carbocycles. The van der Waals surface area contributed by atoms with Crippen molar-refractivity contribution in [1.82, 2.24) is 10.5 Å². The van der Waals surface area contributed by atoms with Gasteiger partial charge in [-0.1, -0.05) is 11.6 Å². The van der Waals surface area contributed by atoms with Crippen LogP contribution in [0, 0.1) is 0 Å². The van der Waals surface area contributed by atoms with E-state index in [1.54, 1.807) is 19.1 Å². The molecular weight excluding hydrogens is 192 g/mol. The summed E-state index contributed by atoms with van der Waals surface area (Å²) in [4.78, 5) is 19.7. The lowest BCUT2D eigenvalue weighted by Crippen LogP contribution is -2.23. The quantitative estimate of drug-likeness (QED) is 0.593. The highest BCUT2D eigenvalue weighted by molar-refractivity contribution is 6.29. The standard InChI is InChI=1S/C8H9ClN2O2/c1-2-13-11-8(12)6-3-4-7(9)10-5-6/h3-5H,2H2,1H3,(H,11,12). The zero-order valence-electron chi connectivity index (χ0n) is 7.08. The SMILES string of the molecule is CCONC(=O)c1ccc(Cl)nc1. The summed E-state index contributed by atoms with van der Waals surface area (Å²) in [7, 11) is 0. The maximum atomic E-state index is 11.2. The van der Waals surface area contributed by atoms with Crippen LogP contribution in [0.1, 0.15) is 17.3 Å². The second-order valence-electron chi connectivity index (χ2n) is 2.23. The van der Waals surface area contributed by atoms with Crippen LogP contribution in [0.25, 0.3) is 0 Å². The van der Waals surface area contributed by atoms with Crippen LogP contribution in [0.4, 0.5) is 0 Å². The van der Waals surface area contributed by atoms with Crippen molar-refractivity contribution in [2.45, 2.75) is 6.92 Å². The number of carbonyl (C=O) groups is 1. The van der Waals surface area contributed by atoms with E-state index in [0.717, 1.165) is 0 Å². The van der Waals surface area contributed by atoms with E-state index in [2.05, 4.69) is 10.5 Å². The molecule has 1 amide bonds. The Morgan fingerprint density at radius 1 is 1.69 bits per heavy atom. The van der Waals surface area contributed by atoms with Crippen molar-refractivity contribution in [2.24, 2.45) is 0 Å². The minimum atomic E-state index is -0.328. The summed E-state index contributed by atoms with van der Waals surface area (Å²) in [5.41, 5.74) is 2.66. The van der Waals surface area contributed by atoms with Crippen molar-refractivity contribution in [3.8, 4) is 0 Å². The summed E-state index contributed by atoms with van der Waals surface area (Å²) >= 11 is 5.55. The van der Waals surface area contributed by atoms with E-state index in [1.807, 2.05) is 0 Å². The van der Waals surface area contributed by atoms with Gasteiger partial charge in [0.25, 0.3) is 5.91 Å². The number of carbonyl (C=O) groups excluding carboxylic acids is 1. The molecular formula is C8H9ClN2O2. The molecule has 13 heavy (non-hydrogen) atoms. The average molecular weight is 201 g/mol. The third kappa shape index (κ3) is 3.01. The lowest BCUT2D eigenvalue weighted by molar-refractivity contribution is 0.0364. The summed E-state index contributed by atoms with van der Waals surface area (Å²) in [6.07, 6.45) is 1.39. The Balaban J connectivity index is 2.61. The molecule has 4 nitrogen and oxygen atoms in total. The van der Waals surface area contributed by atoms with Gasteiger partial charge in [0, 0.05) is 6.20 Å². The molecule has 0 spiro atoms.